The van der Waals surface area contributed by atoms with Crippen LogP contribution in [0.15, 0.2) is 41.2 Å². The summed E-state index contributed by atoms with van der Waals surface area (Å²) in [5, 5.41) is 9.71. The lowest BCUT2D eigenvalue weighted by Crippen LogP contribution is -2.48. The number of benzene rings is 1. The number of nitrogens with zero attached hydrogens (tertiary/aromatic N) is 3. The van der Waals surface area contributed by atoms with Gasteiger partial charge in [-0.25, -0.2) is 4.39 Å². The number of carbonyl (C=O) groups excluding carboxylic acids is 1. The molecule has 5 rings (SSSR count). The molecule has 3 atom stereocenters. The van der Waals surface area contributed by atoms with E-state index in [9.17, 15) is 19.1 Å². The van der Waals surface area contributed by atoms with Crippen LogP contribution in [0.5, 0.6) is 0 Å². The Morgan fingerprint density at radius 3 is 2.77 bits per heavy atom. The number of β-amino-alcohol motifs (C(OH)–C–C–N with tert-alkyl or cyclic N) is 1. The van der Waals surface area contributed by atoms with E-state index in [1.54, 1.807) is 27.7 Å². The summed E-state index contributed by atoms with van der Waals surface area (Å²) in [6.07, 6.45) is 1.09. The van der Waals surface area contributed by atoms with Crippen LogP contribution in [0.3, 0.4) is 0 Å². The molecule has 3 aliphatic rings. The fraction of sp³-hybridized carbons (Fsp3) is 0.478. The third-order valence-corrected chi connectivity index (χ3v) is 6.66. The molecule has 0 spiro atoms. The molecule has 1 aromatic heterocycles. The van der Waals surface area contributed by atoms with Gasteiger partial charge in [-0.2, -0.15) is 0 Å². The third-order valence-electron chi connectivity index (χ3n) is 6.66. The second-order valence-corrected chi connectivity index (χ2v) is 8.90. The van der Waals surface area contributed by atoms with Crippen LogP contribution in [0.4, 0.5) is 4.39 Å². The van der Waals surface area contributed by atoms with E-state index < -0.39 is 6.10 Å². The quantitative estimate of drug-likeness (QED) is 0.837. The van der Waals surface area contributed by atoms with Gasteiger partial charge in [0.1, 0.15) is 11.4 Å². The Bertz CT molecular complexity index is 1040. The summed E-state index contributed by atoms with van der Waals surface area (Å²) in [4.78, 5) is 29.8. The molecule has 0 radical (unpaired) electrons. The number of halogens is 1. The van der Waals surface area contributed by atoms with Gasteiger partial charge in [0.25, 0.3) is 11.5 Å². The van der Waals surface area contributed by atoms with Crippen LogP contribution in [-0.4, -0.2) is 57.7 Å². The molecule has 2 aromatic rings. The molecule has 2 saturated heterocycles. The summed E-state index contributed by atoms with van der Waals surface area (Å²) >= 11 is 0. The van der Waals surface area contributed by atoms with E-state index in [0.29, 0.717) is 38.5 Å². The molecule has 0 unspecified atom stereocenters. The first-order valence-electron chi connectivity index (χ1n) is 10.7. The van der Waals surface area contributed by atoms with Crippen molar-refractivity contribution in [3.8, 4) is 0 Å². The number of carbonyl (C=O) groups is 1. The predicted molar refractivity (Wildman–Crippen MR) is 110 cm³/mol. The highest BCUT2D eigenvalue weighted by atomic mass is 19.1. The van der Waals surface area contributed by atoms with Crippen molar-refractivity contribution in [3.63, 3.8) is 0 Å². The summed E-state index contributed by atoms with van der Waals surface area (Å²) < 4.78 is 15.3. The zero-order valence-electron chi connectivity index (χ0n) is 16.8. The van der Waals surface area contributed by atoms with Gasteiger partial charge in [0.2, 0.25) is 0 Å². The number of amides is 1. The topological polar surface area (TPSA) is 65.8 Å². The molecule has 1 amide bonds. The standard InChI is InChI=1S/C23H26FN3O3/c24-18-3-1-2-15(9-18)10-25-11-16-8-17(13-25)21-5-4-20(23(30)27(21)12-16)22(29)26-7-6-19(28)14-26/h1-5,9,16-17,19,28H,6-8,10-14H2/t16-,17+,19+/m0/s1. The Morgan fingerprint density at radius 1 is 1.13 bits per heavy atom. The van der Waals surface area contributed by atoms with Crippen LogP contribution in [0.1, 0.15) is 40.4 Å². The molecule has 0 saturated carbocycles. The van der Waals surface area contributed by atoms with Crippen molar-refractivity contribution in [2.24, 2.45) is 5.92 Å². The first kappa shape index (κ1) is 19.5. The molecule has 3 aliphatic heterocycles. The second-order valence-electron chi connectivity index (χ2n) is 8.90. The van der Waals surface area contributed by atoms with Crippen LogP contribution in [0, 0.1) is 11.7 Å². The zero-order chi connectivity index (χ0) is 20.8. The largest absolute Gasteiger partial charge is 0.391 e. The predicted octanol–water partition coefficient (Wildman–Crippen LogP) is 1.81. The van der Waals surface area contributed by atoms with E-state index in [1.165, 1.54) is 6.07 Å². The number of hydrogen-bond acceptors (Lipinski definition) is 4. The van der Waals surface area contributed by atoms with Crippen LogP contribution in [0.2, 0.25) is 0 Å². The highest BCUT2D eigenvalue weighted by Gasteiger charge is 2.36. The molecular formula is C23H26FN3O3. The number of hydrogen-bond donors (Lipinski definition) is 1. The maximum absolute atomic E-state index is 13.5. The van der Waals surface area contributed by atoms with Crippen molar-refractivity contribution in [1.82, 2.24) is 14.4 Å². The first-order valence-corrected chi connectivity index (χ1v) is 10.7. The van der Waals surface area contributed by atoms with Gasteiger partial charge in [0, 0.05) is 50.9 Å². The molecule has 1 N–H and O–H groups in total. The molecule has 2 bridgehead atoms. The van der Waals surface area contributed by atoms with Crippen molar-refractivity contribution in [1.29, 1.82) is 0 Å². The monoisotopic (exact) mass is 411 g/mol. The van der Waals surface area contributed by atoms with Crippen LogP contribution < -0.4 is 5.56 Å². The van der Waals surface area contributed by atoms with Gasteiger partial charge in [0.05, 0.1) is 6.10 Å². The van der Waals surface area contributed by atoms with E-state index in [2.05, 4.69) is 4.90 Å². The van der Waals surface area contributed by atoms with Gasteiger partial charge in [-0.05, 0) is 48.6 Å². The van der Waals surface area contributed by atoms with Gasteiger partial charge in [0.15, 0.2) is 0 Å². The fourth-order valence-electron chi connectivity index (χ4n) is 5.33. The lowest BCUT2D eigenvalue weighted by Gasteiger charge is -2.43. The Labute approximate surface area is 174 Å². The van der Waals surface area contributed by atoms with Gasteiger partial charge < -0.3 is 14.6 Å². The molecule has 2 fully saturated rings. The van der Waals surface area contributed by atoms with E-state index in [-0.39, 0.29) is 28.8 Å². The van der Waals surface area contributed by atoms with E-state index in [1.807, 2.05) is 12.1 Å². The second kappa shape index (κ2) is 7.63. The van der Waals surface area contributed by atoms with Crippen molar-refractivity contribution < 1.29 is 14.3 Å². The SMILES string of the molecule is O=C(c1ccc2n(c1=O)C[C@H]1C[C@@H]2CN(Cc2cccc(F)c2)C1)N1CC[C@@H](O)C1. The van der Waals surface area contributed by atoms with Crippen LogP contribution >= 0.6 is 0 Å². The summed E-state index contributed by atoms with van der Waals surface area (Å²) in [6, 6.07) is 10.3. The Morgan fingerprint density at radius 2 is 2.00 bits per heavy atom. The van der Waals surface area contributed by atoms with Crippen molar-refractivity contribution in [3.05, 3.63) is 69.4 Å². The third kappa shape index (κ3) is 3.56. The minimum atomic E-state index is -0.502. The average Bonchev–Trinajstić information content (AvgIpc) is 3.15. The Kier molecular flexibility index (Phi) is 4.95. The number of fused-ring (bicyclic) bond motifs is 4. The summed E-state index contributed by atoms with van der Waals surface area (Å²) in [7, 11) is 0. The number of aliphatic hydroxyl groups is 1. The molecule has 1 aromatic carbocycles. The molecule has 158 valence electrons. The van der Waals surface area contributed by atoms with Crippen LogP contribution in [0.25, 0.3) is 0 Å². The number of rotatable bonds is 3. The number of likely N-dealkylation sites (tertiary alicyclic amines) is 2. The molecule has 4 heterocycles. The summed E-state index contributed by atoms with van der Waals surface area (Å²) in [5.74, 6) is 0.0672. The Hall–Kier alpha value is -2.51. The summed E-state index contributed by atoms with van der Waals surface area (Å²) in [5.41, 5.74) is 1.93. The van der Waals surface area contributed by atoms with Gasteiger partial charge in [-0.15, -0.1) is 0 Å². The first-order chi connectivity index (χ1) is 14.5. The van der Waals surface area contributed by atoms with E-state index >= 15 is 0 Å². The Balaban J connectivity index is 1.37. The highest BCUT2D eigenvalue weighted by Crippen LogP contribution is 2.35. The zero-order valence-corrected chi connectivity index (χ0v) is 16.8. The number of pyridine rings is 1. The van der Waals surface area contributed by atoms with Crippen molar-refractivity contribution >= 4 is 5.91 Å². The lowest BCUT2D eigenvalue weighted by molar-refractivity contribution is 0.0759. The summed E-state index contributed by atoms with van der Waals surface area (Å²) in [6.45, 7) is 3.76. The minimum absolute atomic E-state index is 0.199. The number of aromatic nitrogens is 1. The molecule has 0 aliphatic carbocycles. The maximum atomic E-state index is 13.5. The van der Waals surface area contributed by atoms with Crippen molar-refractivity contribution in [2.45, 2.75) is 38.0 Å². The molecule has 7 heteroatoms. The fourth-order valence-corrected chi connectivity index (χ4v) is 5.33. The lowest BCUT2D eigenvalue weighted by atomic mass is 9.82. The van der Waals surface area contributed by atoms with Crippen molar-refractivity contribution in [2.75, 3.05) is 26.2 Å². The van der Waals surface area contributed by atoms with E-state index in [0.717, 1.165) is 30.8 Å². The number of aliphatic hydroxyl groups excluding tert-OH is 1. The van der Waals surface area contributed by atoms with Gasteiger partial charge >= 0.3 is 0 Å². The highest BCUT2D eigenvalue weighted by molar-refractivity contribution is 5.94. The minimum Gasteiger partial charge on any atom is -0.391 e. The van der Waals surface area contributed by atoms with Crippen LogP contribution in [-0.2, 0) is 13.1 Å². The normalized spacial score (nSPS) is 25.9. The molecule has 6 nitrogen and oxygen atoms in total. The average molecular weight is 411 g/mol. The van der Waals surface area contributed by atoms with Gasteiger partial charge in [-0.1, -0.05) is 12.1 Å². The maximum Gasteiger partial charge on any atom is 0.263 e. The molecule has 30 heavy (non-hydrogen) atoms. The smallest absolute Gasteiger partial charge is 0.263 e. The van der Waals surface area contributed by atoms with E-state index in [4.69, 9.17) is 0 Å². The molecular weight excluding hydrogens is 385 g/mol. The number of piperidine rings is 1. The van der Waals surface area contributed by atoms with Gasteiger partial charge in [-0.3, -0.25) is 14.5 Å².